The molecule has 0 aromatic rings. The molecule has 0 bridgehead atoms. The highest BCUT2D eigenvalue weighted by Gasteiger charge is 2.20. The van der Waals surface area contributed by atoms with Crippen molar-refractivity contribution in [1.29, 1.82) is 0 Å². The highest BCUT2D eigenvalue weighted by molar-refractivity contribution is 9.10. The number of nitrogens with one attached hydrogen (secondary N) is 1. The molecule has 0 rings (SSSR count). The molecule has 0 saturated heterocycles. The standard InChI is InChI=1S/C4H7BrNOSi/c1-4(2,5)3(7)6-8/h1-2H3,(H,6,7). The minimum atomic E-state index is -0.477. The Bertz CT molecular complexity index is 98.7. The SMILES string of the molecule is CC(C)(Br)C(=O)N[Si]. The van der Waals surface area contributed by atoms with Crippen LogP contribution in [-0.2, 0) is 4.79 Å². The van der Waals surface area contributed by atoms with Gasteiger partial charge in [0.25, 0.3) is 0 Å². The molecule has 1 amide bonds. The highest BCUT2D eigenvalue weighted by atomic mass is 79.9. The van der Waals surface area contributed by atoms with E-state index in [4.69, 9.17) is 0 Å². The highest BCUT2D eigenvalue weighted by Crippen LogP contribution is 2.14. The lowest BCUT2D eigenvalue weighted by Gasteiger charge is -2.12. The van der Waals surface area contributed by atoms with Crippen molar-refractivity contribution in [1.82, 2.24) is 4.98 Å². The van der Waals surface area contributed by atoms with Crippen LogP contribution in [0.1, 0.15) is 13.8 Å². The first-order chi connectivity index (χ1) is 3.48. The van der Waals surface area contributed by atoms with Gasteiger partial charge in [0.15, 0.2) is 10.4 Å². The monoisotopic (exact) mass is 192 g/mol. The van der Waals surface area contributed by atoms with Gasteiger partial charge in [-0.15, -0.1) is 0 Å². The molecule has 0 fully saturated rings. The summed E-state index contributed by atoms with van der Waals surface area (Å²) >= 11 is 3.16. The molecule has 1 N–H and O–H groups in total. The van der Waals surface area contributed by atoms with Gasteiger partial charge >= 0.3 is 0 Å². The summed E-state index contributed by atoms with van der Waals surface area (Å²) in [5, 5.41) is 0. The van der Waals surface area contributed by atoms with Gasteiger partial charge in [-0.05, 0) is 13.8 Å². The maximum atomic E-state index is 10.6. The van der Waals surface area contributed by atoms with Crippen LogP contribution in [0.4, 0.5) is 0 Å². The Morgan fingerprint density at radius 2 is 2.12 bits per heavy atom. The molecule has 45 valence electrons. The van der Waals surface area contributed by atoms with E-state index in [9.17, 15) is 4.79 Å². The van der Waals surface area contributed by atoms with Crippen molar-refractivity contribution in [3.8, 4) is 0 Å². The van der Waals surface area contributed by atoms with Crippen LogP contribution in [0.25, 0.3) is 0 Å². The van der Waals surface area contributed by atoms with Crippen LogP contribution in [0.3, 0.4) is 0 Å². The van der Waals surface area contributed by atoms with Crippen LogP contribution in [0.5, 0.6) is 0 Å². The predicted molar refractivity (Wildman–Crippen MR) is 36.9 cm³/mol. The number of amides is 1. The van der Waals surface area contributed by atoms with Crippen LogP contribution < -0.4 is 4.98 Å². The second kappa shape index (κ2) is 2.64. The first-order valence-corrected chi connectivity index (χ1v) is 3.44. The molecule has 0 unspecified atom stereocenters. The van der Waals surface area contributed by atoms with Crippen molar-refractivity contribution in [2.45, 2.75) is 18.2 Å². The molecule has 0 aromatic carbocycles. The third-order valence-corrected chi connectivity index (χ3v) is 1.24. The summed E-state index contributed by atoms with van der Waals surface area (Å²) in [4.78, 5) is 13.0. The van der Waals surface area contributed by atoms with Crippen molar-refractivity contribution in [2.75, 3.05) is 0 Å². The molecule has 0 aliphatic carbocycles. The molecule has 0 spiro atoms. The van der Waals surface area contributed by atoms with Crippen LogP contribution in [-0.4, -0.2) is 20.6 Å². The Morgan fingerprint density at radius 1 is 1.75 bits per heavy atom. The van der Waals surface area contributed by atoms with Crippen molar-refractivity contribution in [3.63, 3.8) is 0 Å². The molecule has 0 atom stereocenters. The van der Waals surface area contributed by atoms with Crippen molar-refractivity contribution >= 4 is 32.2 Å². The van der Waals surface area contributed by atoms with E-state index in [0.717, 1.165) is 0 Å². The van der Waals surface area contributed by atoms with Crippen LogP contribution in [0, 0.1) is 0 Å². The topological polar surface area (TPSA) is 29.1 Å². The Balaban J connectivity index is 3.82. The number of alkyl halides is 1. The molecule has 0 aliphatic heterocycles. The fourth-order valence-electron chi connectivity index (χ4n) is 0.149. The average molecular weight is 193 g/mol. The number of hydrogen-bond acceptors (Lipinski definition) is 1. The molecule has 0 aromatic heterocycles. The average Bonchev–Trinajstić information content (AvgIpc) is 1.62. The van der Waals surface area contributed by atoms with Gasteiger partial charge in [0, 0.05) is 0 Å². The van der Waals surface area contributed by atoms with E-state index >= 15 is 0 Å². The van der Waals surface area contributed by atoms with Gasteiger partial charge < -0.3 is 4.98 Å². The Kier molecular flexibility index (Phi) is 2.69. The quantitative estimate of drug-likeness (QED) is 0.472. The van der Waals surface area contributed by atoms with Crippen LogP contribution in [0.2, 0.25) is 0 Å². The fraction of sp³-hybridized carbons (Fsp3) is 0.750. The second-order valence-corrected chi connectivity index (χ2v) is 4.16. The number of carbonyl (C=O) groups excluding carboxylic acids is 1. The first kappa shape index (κ1) is 8.17. The summed E-state index contributed by atoms with van der Waals surface area (Å²) in [6.45, 7) is 3.53. The maximum Gasteiger partial charge on any atom is 0.228 e. The molecular weight excluding hydrogens is 186 g/mol. The summed E-state index contributed by atoms with van der Waals surface area (Å²) in [5.74, 6) is -0.0887. The molecule has 2 nitrogen and oxygen atoms in total. The molecule has 0 saturated carbocycles. The summed E-state index contributed by atoms with van der Waals surface area (Å²) in [5.41, 5.74) is 0. The van der Waals surface area contributed by atoms with E-state index in [1.54, 1.807) is 13.8 Å². The summed E-state index contributed by atoms with van der Waals surface area (Å²) in [7, 11) is 2.87. The van der Waals surface area contributed by atoms with Gasteiger partial charge in [-0.3, -0.25) is 4.79 Å². The van der Waals surface area contributed by atoms with E-state index in [1.807, 2.05) is 0 Å². The van der Waals surface area contributed by atoms with E-state index < -0.39 is 4.32 Å². The van der Waals surface area contributed by atoms with Gasteiger partial charge in [-0.25, -0.2) is 0 Å². The Morgan fingerprint density at radius 3 is 2.12 bits per heavy atom. The maximum absolute atomic E-state index is 10.6. The number of carbonyl (C=O) groups is 1. The molecule has 0 heterocycles. The summed E-state index contributed by atoms with van der Waals surface area (Å²) < 4.78 is -0.477. The van der Waals surface area contributed by atoms with Crippen LogP contribution >= 0.6 is 15.9 Å². The zero-order valence-corrected chi connectivity index (χ0v) is 7.37. The number of rotatable bonds is 1. The lowest BCUT2D eigenvalue weighted by atomic mass is 10.2. The largest absolute Gasteiger partial charge is 0.382 e. The smallest absolute Gasteiger partial charge is 0.228 e. The number of halogens is 1. The zero-order chi connectivity index (χ0) is 6.78. The number of hydrogen-bond donors (Lipinski definition) is 1. The molecule has 8 heavy (non-hydrogen) atoms. The first-order valence-electron chi connectivity index (χ1n) is 2.14. The van der Waals surface area contributed by atoms with Gasteiger partial charge in [0.1, 0.15) is 0 Å². The third kappa shape index (κ3) is 2.47. The Labute approximate surface area is 60.7 Å². The van der Waals surface area contributed by atoms with Crippen molar-refractivity contribution < 1.29 is 4.79 Å². The van der Waals surface area contributed by atoms with Gasteiger partial charge in [-0.1, -0.05) is 15.9 Å². The fourth-order valence-corrected chi connectivity index (χ4v) is 0.743. The predicted octanol–water partition coefficient (Wildman–Crippen LogP) is 0.360. The van der Waals surface area contributed by atoms with Crippen molar-refractivity contribution in [3.05, 3.63) is 0 Å². The van der Waals surface area contributed by atoms with Crippen molar-refractivity contribution in [2.24, 2.45) is 0 Å². The van der Waals surface area contributed by atoms with Gasteiger partial charge in [0.05, 0.1) is 4.32 Å². The van der Waals surface area contributed by atoms with Crippen LogP contribution in [0.15, 0.2) is 0 Å². The van der Waals surface area contributed by atoms with Gasteiger partial charge in [-0.2, -0.15) is 0 Å². The normalized spacial score (nSPS) is 11.0. The van der Waals surface area contributed by atoms with Gasteiger partial charge in [0.2, 0.25) is 5.91 Å². The lowest BCUT2D eigenvalue weighted by molar-refractivity contribution is -0.120. The van der Waals surface area contributed by atoms with E-state index in [-0.39, 0.29) is 5.91 Å². The molecule has 0 aliphatic rings. The second-order valence-electron chi connectivity index (χ2n) is 1.93. The molecule has 3 radical (unpaired) electrons. The van der Waals surface area contributed by atoms with E-state index in [0.29, 0.717) is 0 Å². The summed E-state index contributed by atoms with van der Waals surface area (Å²) in [6.07, 6.45) is 0. The van der Waals surface area contributed by atoms with E-state index in [1.165, 1.54) is 0 Å². The zero-order valence-electron chi connectivity index (χ0n) is 4.79. The summed E-state index contributed by atoms with van der Waals surface area (Å²) in [6, 6.07) is 0. The lowest BCUT2D eigenvalue weighted by Crippen LogP contribution is -2.35. The third-order valence-electron chi connectivity index (χ3n) is 0.653. The minimum absolute atomic E-state index is 0.0887. The van der Waals surface area contributed by atoms with E-state index in [2.05, 4.69) is 31.3 Å². The Hall–Kier alpha value is 0.167. The molecular formula is C4H7BrNOSi. The molecule has 4 heteroatoms. The minimum Gasteiger partial charge on any atom is -0.382 e.